The molecular weight excluding hydrogens is 257 g/mol. The largest absolute Gasteiger partial charge is 0.416 e. The number of carbonyl (C=O) groups is 1. The molecule has 0 spiro atoms. The molecule has 1 aromatic rings. The van der Waals surface area contributed by atoms with Crippen LogP contribution in [0.5, 0.6) is 0 Å². The van der Waals surface area contributed by atoms with Crippen LogP contribution in [-0.2, 0) is 11.0 Å². The van der Waals surface area contributed by atoms with Gasteiger partial charge in [-0.3, -0.25) is 4.79 Å². The molecule has 0 aliphatic carbocycles. The lowest BCUT2D eigenvalue weighted by atomic mass is 10.0. The summed E-state index contributed by atoms with van der Waals surface area (Å²) in [4.78, 5) is 11.7. The highest BCUT2D eigenvalue weighted by atomic mass is 19.4. The number of amides is 1. The predicted molar refractivity (Wildman–Crippen MR) is 67.6 cm³/mol. The summed E-state index contributed by atoms with van der Waals surface area (Å²) < 4.78 is 38.1. The van der Waals surface area contributed by atoms with E-state index in [1.165, 1.54) is 19.1 Å². The van der Waals surface area contributed by atoms with Gasteiger partial charge in [0, 0.05) is 5.69 Å². The summed E-state index contributed by atoms with van der Waals surface area (Å²) in [7, 11) is 0. The minimum atomic E-state index is -4.44. The second-order valence-corrected chi connectivity index (χ2v) is 4.73. The van der Waals surface area contributed by atoms with E-state index < -0.39 is 23.7 Å². The van der Waals surface area contributed by atoms with E-state index in [0.717, 1.165) is 6.07 Å². The second-order valence-electron chi connectivity index (χ2n) is 4.73. The summed E-state index contributed by atoms with van der Waals surface area (Å²) >= 11 is 0. The van der Waals surface area contributed by atoms with Crippen molar-refractivity contribution in [1.82, 2.24) is 0 Å². The number of halogens is 3. The molecule has 0 unspecified atom stereocenters. The van der Waals surface area contributed by atoms with Crippen molar-refractivity contribution >= 4 is 11.6 Å². The lowest BCUT2D eigenvalue weighted by Crippen LogP contribution is -2.39. The van der Waals surface area contributed by atoms with Gasteiger partial charge >= 0.3 is 6.18 Å². The number of benzene rings is 1. The first-order valence-electron chi connectivity index (χ1n) is 5.88. The van der Waals surface area contributed by atoms with Crippen LogP contribution in [0.3, 0.4) is 0 Å². The molecule has 0 heterocycles. The molecule has 3 nitrogen and oxygen atoms in total. The van der Waals surface area contributed by atoms with E-state index in [2.05, 4.69) is 5.32 Å². The SMILES string of the molecule is Cc1c(NC(=O)[C@@H](N)C(C)C)cccc1C(F)(F)F. The molecule has 1 atom stereocenters. The molecule has 0 saturated heterocycles. The van der Waals surface area contributed by atoms with E-state index in [1.54, 1.807) is 13.8 Å². The van der Waals surface area contributed by atoms with Crippen molar-refractivity contribution in [3.8, 4) is 0 Å². The predicted octanol–water partition coefficient (Wildman–Crippen LogP) is 2.94. The maximum atomic E-state index is 12.7. The zero-order valence-electron chi connectivity index (χ0n) is 11.0. The Morgan fingerprint density at radius 2 is 1.89 bits per heavy atom. The third kappa shape index (κ3) is 3.70. The number of nitrogens with two attached hydrogens (primary N) is 1. The van der Waals surface area contributed by atoms with Crippen LogP contribution < -0.4 is 11.1 Å². The average Bonchev–Trinajstić information content (AvgIpc) is 2.29. The Labute approximate surface area is 110 Å². The Bertz CT molecular complexity index is 469. The number of carbonyl (C=O) groups excluding carboxylic acids is 1. The van der Waals surface area contributed by atoms with Gasteiger partial charge in [0.2, 0.25) is 5.91 Å². The van der Waals surface area contributed by atoms with E-state index in [1.807, 2.05) is 0 Å². The maximum absolute atomic E-state index is 12.7. The number of anilines is 1. The van der Waals surface area contributed by atoms with Crippen LogP contribution in [0.15, 0.2) is 18.2 Å². The normalized spacial score (nSPS) is 13.5. The summed E-state index contributed by atoms with van der Waals surface area (Å²) in [6.45, 7) is 4.85. The van der Waals surface area contributed by atoms with Gasteiger partial charge in [0.15, 0.2) is 0 Å². The van der Waals surface area contributed by atoms with E-state index in [0.29, 0.717) is 0 Å². The first-order chi connectivity index (χ1) is 8.64. The molecule has 3 N–H and O–H groups in total. The van der Waals surface area contributed by atoms with Crippen molar-refractivity contribution in [2.75, 3.05) is 5.32 Å². The van der Waals surface area contributed by atoms with E-state index in [-0.39, 0.29) is 17.2 Å². The standard InChI is InChI=1S/C13H17F3N2O/c1-7(2)11(17)12(19)18-10-6-4-5-9(8(10)3)13(14,15)16/h4-7,11H,17H2,1-3H3,(H,18,19)/t11-/m0/s1. The minimum absolute atomic E-state index is 0.0145. The van der Waals surface area contributed by atoms with Gasteiger partial charge in [0.1, 0.15) is 0 Å². The van der Waals surface area contributed by atoms with Gasteiger partial charge < -0.3 is 11.1 Å². The first-order valence-corrected chi connectivity index (χ1v) is 5.88. The summed E-state index contributed by atoms with van der Waals surface area (Å²) in [5, 5.41) is 2.44. The molecule has 19 heavy (non-hydrogen) atoms. The molecule has 6 heteroatoms. The van der Waals surface area contributed by atoms with Gasteiger partial charge in [0.25, 0.3) is 0 Å². The van der Waals surface area contributed by atoms with Crippen molar-refractivity contribution in [2.24, 2.45) is 11.7 Å². The number of rotatable bonds is 3. The van der Waals surface area contributed by atoms with Crippen molar-refractivity contribution in [3.05, 3.63) is 29.3 Å². The second kappa shape index (κ2) is 5.61. The van der Waals surface area contributed by atoms with Gasteiger partial charge in [-0.1, -0.05) is 19.9 Å². The van der Waals surface area contributed by atoms with Crippen LogP contribution in [0.4, 0.5) is 18.9 Å². The van der Waals surface area contributed by atoms with Gasteiger partial charge in [-0.25, -0.2) is 0 Å². The zero-order chi connectivity index (χ0) is 14.8. The van der Waals surface area contributed by atoms with Crippen molar-refractivity contribution in [3.63, 3.8) is 0 Å². The quantitative estimate of drug-likeness (QED) is 0.890. The highest BCUT2D eigenvalue weighted by Gasteiger charge is 2.33. The summed E-state index contributed by atoms with van der Waals surface area (Å²) in [6, 6.07) is 2.91. The molecule has 106 valence electrons. The van der Waals surface area contributed by atoms with Crippen molar-refractivity contribution < 1.29 is 18.0 Å². The van der Waals surface area contributed by atoms with Crippen LogP contribution >= 0.6 is 0 Å². The fourth-order valence-corrected chi connectivity index (χ4v) is 1.60. The van der Waals surface area contributed by atoms with Gasteiger partial charge in [-0.15, -0.1) is 0 Å². The monoisotopic (exact) mass is 274 g/mol. The highest BCUT2D eigenvalue weighted by molar-refractivity contribution is 5.95. The molecule has 0 saturated carbocycles. The number of nitrogens with one attached hydrogen (secondary N) is 1. The van der Waals surface area contributed by atoms with Crippen molar-refractivity contribution in [2.45, 2.75) is 33.0 Å². The smallest absolute Gasteiger partial charge is 0.324 e. The van der Waals surface area contributed by atoms with Gasteiger partial charge in [-0.2, -0.15) is 13.2 Å². The van der Waals surface area contributed by atoms with Crippen LogP contribution in [0.25, 0.3) is 0 Å². The minimum Gasteiger partial charge on any atom is -0.324 e. The Morgan fingerprint density at radius 3 is 2.37 bits per heavy atom. The van der Waals surface area contributed by atoms with Crippen LogP contribution in [0.2, 0.25) is 0 Å². The average molecular weight is 274 g/mol. The summed E-state index contributed by atoms with van der Waals surface area (Å²) in [5.74, 6) is -0.580. The molecule has 0 aliphatic heterocycles. The molecule has 0 bridgehead atoms. The Morgan fingerprint density at radius 1 is 1.32 bits per heavy atom. The molecular formula is C13H17F3N2O. The topological polar surface area (TPSA) is 55.1 Å². The van der Waals surface area contributed by atoms with Gasteiger partial charge in [0.05, 0.1) is 11.6 Å². The maximum Gasteiger partial charge on any atom is 0.416 e. The highest BCUT2D eigenvalue weighted by Crippen LogP contribution is 2.34. The van der Waals surface area contributed by atoms with Crippen LogP contribution in [0, 0.1) is 12.8 Å². The molecule has 0 fully saturated rings. The van der Waals surface area contributed by atoms with E-state index in [9.17, 15) is 18.0 Å². The Kier molecular flexibility index (Phi) is 4.57. The molecule has 0 aliphatic rings. The van der Waals surface area contributed by atoms with Gasteiger partial charge in [-0.05, 0) is 30.5 Å². The molecule has 0 aromatic heterocycles. The Balaban J connectivity index is 3.01. The lowest BCUT2D eigenvalue weighted by Gasteiger charge is -2.18. The Hall–Kier alpha value is -1.56. The van der Waals surface area contributed by atoms with Crippen LogP contribution in [-0.4, -0.2) is 11.9 Å². The van der Waals surface area contributed by atoms with Crippen molar-refractivity contribution in [1.29, 1.82) is 0 Å². The van der Waals surface area contributed by atoms with E-state index in [4.69, 9.17) is 5.73 Å². The fourth-order valence-electron chi connectivity index (χ4n) is 1.60. The number of hydrogen-bond donors (Lipinski definition) is 2. The zero-order valence-corrected chi connectivity index (χ0v) is 11.0. The summed E-state index contributed by atoms with van der Waals surface area (Å²) in [5.41, 5.74) is 5.01. The lowest BCUT2D eigenvalue weighted by molar-refractivity contribution is -0.138. The summed E-state index contributed by atoms with van der Waals surface area (Å²) in [6.07, 6.45) is -4.44. The molecule has 0 radical (unpaired) electrons. The van der Waals surface area contributed by atoms with E-state index >= 15 is 0 Å². The molecule has 1 aromatic carbocycles. The molecule has 1 amide bonds. The third-order valence-corrected chi connectivity index (χ3v) is 2.92. The fraction of sp³-hybridized carbons (Fsp3) is 0.462. The molecule has 1 rings (SSSR count). The first kappa shape index (κ1) is 15.5. The number of alkyl halides is 3. The number of hydrogen-bond acceptors (Lipinski definition) is 2. The third-order valence-electron chi connectivity index (χ3n) is 2.92. The van der Waals surface area contributed by atoms with Crippen LogP contribution in [0.1, 0.15) is 25.0 Å².